The number of aromatic hydroxyl groups is 2. The Hall–Kier alpha value is -1.80. The van der Waals surface area contributed by atoms with Crippen LogP contribution < -0.4 is 11.1 Å². The average molecular weight is 314 g/mol. The zero-order valence-electron chi connectivity index (χ0n) is 11.3. The summed E-state index contributed by atoms with van der Waals surface area (Å²) in [7, 11) is -3.05. The summed E-state index contributed by atoms with van der Waals surface area (Å²) in [6.07, 6.45) is 0.583. The van der Waals surface area contributed by atoms with Gasteiger partial charge in [-0.05, 0) is 30.5 Å². The fourth-order valence-electron chi connectivity index (χ4n) is 2.26. The second-order valence-corrected chi connectivity index (χ2v) is 7.47. The number of rotatable bonds is 4. The molecule has 1 aliphatic heterocycles. The van der Waals surface area contributed by atoms with E-state index in [1.807, 2.05) is 0 Å². The minimum atomic E-state index is -3.05. The number of phenolic OH excluding ortho intramolecular Hbond substituents is 2. The van der Waals surface area contributed by atoms with Gasteiger partial charge in [0.15, 0.2) is 21.3 Å². The van der Waals surface area contributed by atoms with Crippen LogP contribution in [0.15, 0.2) is 18.2 Å². The highest BCUT2D eigenvalue weighted by Crippen LogP contribution is 2.25. The zero-order chi connectivity index (χ0) is 15.6. The van der Waals surface area contributed by atoms with Crippen LogP contribution in [-0.2, 0) is 21.1 Å². The van der Waals surface area contributed by atoms with Gasteiger partial charge in [0.1, 0.15) is 0 Å². The van der Waals surface area contributed by atoms with Crippen LogP contribution in [0.5, 0.6) is 11.5 Å². The summed E-state index contributed by atoms with van der Waals surface area (Å²) in [4.78, 5) is 11.9. The predicted molar refractivity (Wildman–Crippen MR) is 76.7 cm³/mol. The van der Waals surface area contributed by atoms with Crippen LogP contribution in [-0.4, -0.2) is 48.1 Å². The molecule has 1 saturated heterocycles. The number of hydrogen-bond acceptors (Lipinski definition) is 6. The molecule has 0 aliphatic carbocycles. The fourth-order valence-corrected chi connectivity index (χ4v) is 3.93. The normalized spacial score (nSPS) is 21.9. The highest BCUT2D eigenvalue weighted by atomic mass is 32.2. The van der Waals surface area contributed by atoms with Gasteiger partial charge in [-0.25, -0.2) is 8.42 Å². The summed E-state index contributed by atoms with van der Waals surface area (Å²) in [5.41, 5.74) is 6.38. The molecule has 1 fully saturated rings. The molecule has 7 nitrogen and oxygen atoms in total. The molecule has 1 aromatic carbocycles. The van der Waals surface area contributed by atoms with Crippen LogP contribution in [0, 0.1) is 0 Å². The lowest BCUT2D eigenvalue weighted by molar-refractivity contribution is -0.122. The molecule has 5 N–H and O–H groups in total. The molecule has 1 aliphatic rings. The summed E-state index contributed by atoms with van der Waals surface area (Å²) < 4.78 is 22.6. The van der Waals surface area contributed by atoms with E-state index in [4.69, 9.17) is 5.73 Å². The van der Waals surface area contributed by atoms with Crippen molar-refractivity contribution in [3.05, 3.63) is 23.8 Å². The van der Waals surface area contributed by atoms with Crippen LogP contribution in [0.1, 0.15) is 12.0 Å². The van der Waals surface area contributed by atoms with E-state index < -0.39 is 21.8 Å². The van der Waals surface area contributed by atoms with Crippen molar-refractivity contribution in [1.29, 1.82) is 0 Å². The fraction of sp³-hybridized carbons (Fsp3) is 0.462. The number of benzene rings is 1. The second-order valence-electron chi connectivity index (χ2n) is 5.24. The van der Waals surface area contributed by atoms with Gasteiger partial charge in [0, 0.05) is 6.04 Å². The van der Waals surface area contributed by atoms with E-state index in [-0.39, 0.29) is 35.5 Å². The molecule has 2 atom stereocenters. The number of hydrogen-bond donors (Lipinski definition) is 4. The number of sulfone groups is 1. The molecule has 1 amide bonds. The first kappa shape index (κ1) is 15.6. The van der Waals surface area contributed by atoms with Crippen LogP contribution in [0.25, 0.3) is 0 Å². The number of phenols is 2. The number of amides is 1. The highest BCUT2D eigenvalue weighted by molar-refractivity contribution is 7.91. The van der Waals surface area contributed by atoms with Crippen LogP contribution in [0.4, 0.5) is 0 Å². The molecule has 8 heteroatoms. The Morgan fingerprint density at radius 3 is 2.67 bits per heavy atom. The van der Waals surface area contributed by atoms with E-state index in [1.165, 1.54) is 12.1 Å². The smallest absolute Gasteiger partial charge is 0.237 e. The maximum absolute atomic E-state index is 11.9. The number of carbonyl (C=O) groups excluding carboxylic acids is 1. The molecule has 1 heterocycles. The molecular weight excluding hydrogens is 296 g/mol. The third-order valence-corrected chi connectivity index (χ3v) is 5.18. The Kier molecular flexibility index (Phi) is 4.38. The monoisotopic (exact) mass is 314 g/mol. The quantitative estimate of drug-likeness (QED) is 0.542. The minimum Gasteiger partial charge on any atom is -0.504 e. The number of nitrogens with two attached hydrogens (primary N) is 1. The molecule has 116 valence electrons. The van der Waals surface area contributed by atoms with Crippen molar-refractivity contribution in [3.8, 4) is 11.5 Å². The van der Waals surface area contributed by atoms with Gasteiger partial charge >= 0.3 is 0 Å². The molecule has 0 bridgehead atoms. The lowest BCUT2D eigenvalue weighted by Crippen LogP contribution is -2.46. The third kappa shape index (κ3) is 4.08. The Labute approximate surface area is 122 Å². The molecule has 0 radical (unpaired) electrons. The van der Waals surface area contributed by atoms with Gasteiger partial charge in [0.2, 0.25) is 5.91 Å². The first-order valence-electron chi connectivity index (χ1n) is 6.54. The van der Waals surface area contributed by atoms with Crippen molar-refractivity contribution in [2.75, 3.05) is 11.5 Å². The van der Waals surface area contributed by atoms with E-state index in [0.717, 1.165) is 0 Å². The topological polar surface area (TPSA) is 130 Å². The van der Waals surface area contributed by atoms with Crippen molar-refractivity contribution in [2.24, 2.45) is 5.73 Å². The Balaban J connectivity index is 1.92. The predicted octanol–water partition coefficient (Wildman–Crippen LogP) is -0.729. The molecule has 1 aromatic rings. The minimum absolute atomic E-state index is 0.0501. The van der Waals surface area contributed by atoms with Crippen molar-refractivity contribution in [2.45, 2.75) is 24.9 Å². The number of carbonyl (C=O) groups is 1. The molecule has 21 heavy (non-hydrogen) atoms. The van der Waals surface area contributed by atoms with Gasteiger partial charge in [0.25, 0.3) is 0 Å². The second kappa shape index (κ2) is 5.90. The van der Waals surface area contributed by atoms with Gasteiger partial charge in [-0.1, -0.05) is 6.07 Å². The third-order valence-electron chi connectivity index (χ3n) is 3.41. The maximum atomic E-state index is 11.9. The Bertz CT molecular complexity index is 644. The van der Waals surface area contributed by atoms with Crippen molar-refractivity contribution in [1.82, 2.24) is 5.32 Å². The summed E-state index contributed by atoms with van der Waals surface area (Å²) in [5, 5.41) is 21.2. The molecule has 0 aromatic heterocycles. The summed E-state index contributed by atoms with van der Waals surface area (Å²) in [6.45, 7) is 0. The van der Waals surface area contributed by atoms with Crippen molar-refractivity contribution >= 4 is 15.7 Å². The van der Waals surface area contributed by atoms with Crippen molar-refractivity contribution < 1.29 is 23.4 Å². The maximum Gasteiger partial charge on any atom is 0.237 e. The lowest BCUT2D eigenvalue weighted by Gasteiger charge is -2.16. The molecule has 2 rings (SSSR count). The van der Waals surface area contributed by atoms with Gasteiger partial charge in [0.05, 0.1) is 17.5 Å². The van der Waals surface area contributed by atoms with Gasteiger partial charge in [-0.3, -0.25) is 4.79 Å². The first-order chi connectivity index (χ1) is 9.77. The summed E-state index contributed by atoms with van der Waals surface area (Å²) >= 11 is 0. The largest absolute Gasteiger partial charge is 0.504 e. The van der Waals surface area contributed by atoms with Gasteiger partial charge in [-0.2, -0.15) is 0 Å². The average Bonchev–Trinajstić information content (AvgIpc) is 2.73. The first-order valence-corrected chi connectivity index (χ1v) is 8.36. The molecule has 0 saturated carbocycles. The van der Waals surface area contributed by atoms with Gasteiger partial charge in [-0.15, -0.1) is 0 Å². The lowest BCUT2D eigenvalue weighted by atomic mass is 10.0. The van der Waals surface area contributed by atoms with E-state index in [0.29, 0.717) is 12.0 Å². The zero-order valence-corrected chi connectivity index (χ0v) is 12.1. The van der Waals surface area contributed by atoms with Gasteiger partial charge < -0.3 is 21.3 Å². The molecular formula is C13H18N2O5S. The summed E-state index contributed by atoms with van der Waals surface area (Å²) in [5.74, 6) is -0.913. The van der Waals surface area contributed by atoms with E-state index in [2.05, 4.69) is 5.32 Å². The Morgan fingerprint density at radius 2 is 2.10 bits per heavy atom. The van der Waals surface area contributed by atoms with Crippen molar-refractivity contribution in [3.63, 3.8) is 0 Å². The number of nitrogens with one attached hydrogen (secondary N) is 1. The molecule has 0 spiro atoms. The summed E-state index contributed by atoms with van der Waals surface area (Å²) in [6, 6.07) is 2.97. The van der Waals surface area contributed by atoms with E-state index in [1.54, 1.807) is 6.07 Å². The SMILES string of the molecule is N[C@@H](Cc1ccc(O)c(O)c1)C(=O)NC1CCS(=O)(=O)C1. The van der Waals surface area contributed by atoms with E-state index >= 15 is 0 Å². The van der Waals surface area contributed by atoms with E-state index in [9.17, 15) is 23.4 Å². The highest BCUT2D eigenvalue weighted by Gasteiger charge is 2.30. The van der Waals surface area contributed by atoms with Crippen LogP contribution in [0.2, 0.25) is 0 Å². The van der Waals surface area contributed by atoms with Crippen LogP contribution >= 0.6 is 0 Å². The Morgan fingerprint density at radius 1 is 1.38 bits per heavy atom. The van der Waals surface area contributed by atoms with Crippen LogP contribution in [0.3, 0.4) is 0 Å². The standard InChI is InChI=1S/C13H18N2O5S/c14-10(5-8-1-2-11(16)12(17)6-8)13(18)15-9-3-4-21(19,20)7-9/h1-2,6,9-10,16-17H,3-5,7,14H2,(H,15,18)/t9?,10-/m0/s1. The molecule has 1 unspecified atom stereocenters.